The van der Waals surface area contributed by atoms with Crippen LogP contribution in [0.5, 0.6) is 0 Å². The lowest BCUT2D eigenvalue weighted by Gasteiger charge is -2.16. The van der Waals surface area contributed by atoms with Gasteiger partial charge in [-0.3, -0.25) is 4.79 Å². The van der Waals surface area contributed by atoms with Crippen LogP contribution in [0.1, 0.15) is 18.2 Å². The van der Waals surface area contributed by atoms with Gasteiger partial charge in [0.2, 0.25) is 5.91 Å². The molecule has 1 aliphatic rings. The number of H-pyrrole nitrogens is 1. The second-order valence-corrected chi connectivity index (χ2v) is 6.74. The van der Waals surface area contributed by atoms with E-state index >= 15 is 0 Å². The number of hydrogen-bond acceptors (Lipinski definition) is 4. The molecule has 1 N–H and O–H groups in total. The normalized spacial score (nSPS) is 17.0. The second kappa shape index (κ2) is 6.26. The molecule has 4 aromatic rings. The van der Waals surface area contributed by atoms with Crippen molar-refractivity contribution in [3.05, 3.63) is 66.1 Å². The third kappa shape index (κ3) is 2.74. The maximum Gasteiger partial charge on any atom is 0.258 e. The van der Waals surface area contributed by atoms with Crippen molar-refractivity contribution < 1.29 is 18.1 Å². The molecule has 6 nitrogen and oxygen atoms in total. The lowest BCUT2D eigenvalue weighted by atomic mass is 10.1. The number of carbonyl (C=O) groups excluding carboxylic acids is 1. The molecule has 140 valence electrons. The van der Waals surface area contributed by atoms with E-state index in [1.165, 1.54) is 11.0 Å². The molecule has 0 spiro atoms. The van der Waals surface area contributed by atoms with Gasteiger partial charge >= 0.3 is 0 Å². The van der Waals surface area contributed by atoms with Gasteiger partial charge in [0.15, 0.2) is 5.82 Å². The Morgan fingerprint density at radius 2 is 2.04 bits per heavy atom. The van der Waals surface area contributed by atoms with Crippen molar-refractivity contribution in [2.75, 3.05) is 11.4 Å². The molecule has 0 aliphatic carbocycles. The second-order valence-electron chi connectivity index (χ2n) is 6.74. The van der Waals surface area contributed by atoms with E-state index in [9.17, 15) is 13.6 Å². The molecule has 0 radical (unpaired) electrons. The van der Waals surface area contributed by atoms with Crippen LogP contribution in [-0.4, -0.2) is 27.6 Å². The maximum atomic E-state index is 14.0. The molecule has 2 aromatic carbocycles. The lowest BCUT2D eigenvalue weighted by molar-refractivity contribution is -0.117. The van der Waals surface area contributed by atoms with Crippen LogP contribution in [0, 0.1) is 11.6 Å². The van der Waals surface area contributed by atoms with Gasteiger partial charge in [-0.2, -0.15) is 4.98 Å². The van der Waals surface area contributed by atoms with Crippen molar-refractivity contribution in [1.29, 1.82) is 0 Å². The summed E-state index contributed by atoms with van der Waals surface area (Å²) in [6, 6.07) is 10.9. The number of nitrogens with one attached hydrogen (secondary N) is 1. The predicted molar refractivity (Wildman–Crippen MR) is 97.7 cm³/mol. The predicted octanol–water partition coefficient (Wildman–Crippen LogP) is 4.02. The zero-order chi connectivity index (χ0) is 19.3. The summed E-state index contributed by atoms with van der Waals surface area (Å²) in [5.74, 6) is -1.32. The summed E-state index contributed by atoms with van der Waals surface area (Å²) in [6.07, 6.45) is 1.98. The fourth-order valence-electron chi connectivity index (χ4n) is 3.51. The molecule has 8 heteroatoms. The SMILES string of the molecule is O=C1CC(c2noc(-c3ccc4cc[nH]c4c3)n2)CN1c1ccc(F)cc1F. The molecule has 5 rings (SSSR count). The Bertz CT molecular complexity index is 1200. The molecule has 28 heavy (non-hydrogen) atoms. The van der Waals surface area contributed by atoms with E-state index in [1.54, 1.807) is 0 Å². The highest BCUT2D eigenvalue weighted by Crippen LogP contribution is 2.33. The fourth-order valence-corrected chi connectivity index (χ4v) is 3.51. The number of aromatic nitrogens is 3. The molecule has 1 saturated heterocycles. The minimum absolute atomic E-state index is 0.0508. The van der Waals surface area contributed by atoms with Gasteiger partial charge in [-0.15, -0.1) is 0 Å². The highest BCUT2D eigenvalue weighted by atomic mass is 19.1. The summed E-state index contributed by atoms with van der Waals surface area (Å²) in [6.45, 7) is 0.204. The van der Waals surface area contributed by atoms with E-state index in [4.69, 9.17) is 4.52 Å². The quantitative estimate of drug-likeness (QED) is 0.583. The van der Waals surface area contributed by atoms with E-state index in [0.717, 1.165) is 28.6 Å². The molecule has 1 amide bonds. The molecule has 2 aromatic heterocycles. The third-order valence-electron chi connectivity index (χ3n) is 4.93. The van der Waals surface area contributed by atoms with Gasteiger partial charge in [-0.25, -0.2) is 8.78 Å². The average molecular weight is 380 g/mol. The standard InChI is InChI=1S/C20H14F2N4O2/c21-14-3-4-17(15(22)9-14)26-10-13(8-18(26)27)19-24-20(28-25-19)12-2-1-11-5-6-23-16(11)7-12/h1-7,9,13,23H,8,10H2. The van der Waals surface area contributed by atoms with E-state index in [2.05, 4.69) is 15.1 Å². The minimum Gasteiger partial charge on any atom is -0.361 e. The van der Waals surface area contributed by atoms with Crippen LogP contribution in [0.25, 0.3) is 22.4 Å². The van der Waals surface area contributed by atoms with E-state index in [1.807, 2.05) is 30.5 Å². The molecule has 1 atom stereocenters. The molecular weight excluding hydrogens is 366 g/mol. The van der Waals surface area contributed by atoms with Crippen LogP contribution < -0.4 is 4.90 Å². The van der Waals surface area contributed by atoms with E-state index in [-0.39, 0.29) is 30.5 Å². The van der Waals surface area contributed by atoms with Crippen LogP contribution in [0.3, 0.4) is 0 Å². The van der Waals surface area contributed by atoms with E-state index < -0.39 is 11.6 Å². The van der Waals surface area contributed by atoms with Crippen LogP contribution in [0.4, 0.5) is 14.5 Å². The highest BCUT2D eigenvalue weighted by molar-refractivity contribution is 5.96. The zero-order valence-corrected chi connectivity index (χ0v) is 14.5. The number of halogens is 2. The third-order valence-corrected chi connectivity index (χ3v) is 4.93. The molecule has 1 fully saturated rings. The number of fused-ring (bicyclic) bond motifs is 1. The average Bonchev–Trinajstić information content (AvgIpc) is 3.40. The van der Waals surface area contributed by atoms with Gasteiger partial charge in [-0.1, -0.05) is 11.2 Å². The minimum atomic E-state index is -0.776. The Morgan fingerprint density at radius 3 is 2.89 bits per heavy atom. The maximum absolute atomic E-state index is 14.0. The Morgan fingerprint density at radius 1 is 1.14 bits per heavy atom. The number of nitrogens with zero attached hydrogens (tertiary/aromatic N) is 3. The Hall–Kier alpha value is -3.55. The first-order valence-corrected chi connectivity index (χ1v) is 8.75. The van der Waals surface area contributed by atoms with Crippen molar-refractivity contribution >= 4 is 22.5 Å². The number of anilines is 1. The number of carbonyl (C=O) groups is 1. The van der Waals surface area contributed by atoms with Gasteiger partial charge in [0.25, 0.3) is 5.89 Å². The smallest absolute Gasteiger partial charge is 0.258 e. The number of hydrogen-bond donors (Lipinski definition) is 1. The largest absolute Gasteiger partial charge is 0.361 e. The van der Waals surface area contributed by atoms with Gasteiger partial charge in [-0.05, 0) is 35.7 Å². The summed E-state index contributed by atoms with van der Waals surface area (Å²) < 4.78 is 32.6. The van der Waals surface area contributed by atoms with Crippen LogP contribution >= 0.6 is 0 Å². The number of benzene rings is 2. The number of aromatic amines is 1. The Balaban J connectivity index is 1.41. The van der Waals surface area contributed by atoms with Crippen molar-refractivity contribution in [1.82, 2.24) is 15.1 Å². The van der Waals surface area contributed by atoms with Crippen molar-refractivity contribution in [3.8, 4) is 11.5 Å². The Kier molecular flexibility index (Phi) is 3.71. The molecular formula is C20H14F2N4O2. The first kappa shape index (κ1) is 16.6. The summed E-state index contributed by atoms with van der Waals surface area (Å²) in [5, 5.41) is 5.08. The van der Waals surface area contributed by atoms with Crippen LogP contribution in [0.2, 0.25) is 0 Å². The van der Waals surface area contributed by atoms with Gasteiger partial charge in [0, 0.05) is 42.2 Å². The lowest BCUT2D eigenvalue weighted by Crippen LogP contribution is -2.25. The van der Waals surface area contributed by atoms with E-state index in [0.29, 0.717) is 11.7 Å². The molecule has 1 unspecified atom stereocenters. The molecule has 3 heterocycles. The summed E-state index contributed by atoms with van der Waals surface area (Å²) in [7, 11) is 0. The summed E-state index contributed by atoms with van der Waals surface area (Å²) >= 11 is 0. The van der Waals surface area contributed by atoms with Gasteiger partial charge < -0.3 is 14.4 Å². The zero-order valence-electron chi connectivity index (χ0n) is 14.5. The highest BCUT2D eigenvalue weighted by Gasteiger charge is 2.35. The van der Waals surface area contributed by atoms with Gasteiger partial charge in [0.05, 0.1) is 5.69 Å². The van der Waals surface area contributed by atoms with Crippen LogP contribution in [0.15, 0.2) is 53.2 Å². The van der Waals surface area contributed by atoms with Crippen molar-refractivity contribution in [2.24, 2.45) is 0 Å². The first-order valence-electron chi connectivity index (χ1n) is 8.75. The first-order chi connectivity index (χ1) is 13.6. The van der Waals surface area contributed by atoms with Gasteiger partial charge in [0.1, 0.15) is 11.6 Å². The molecule has 1 aliphatic heterocycles. The number of rotatable bonds is 3. The van der Waals surface area contributed by atoms with Crippen LogP contribution in [-0.2, 0) is 4.79 Å². The van der Waals surface area contributed by atoms with Crippen molar-refractivity contribution in [3.63, 3.8) is 0 Å². The topological polar surface area (TPSA) is 75.0 Å². The number of amides is 1. The summed E-state index contributed by atoms with van der Waals surface area (Å²) in [5.41, 5.74) is 1.76. The monoisotopic (exact) mass is 380 g/mol. The summed E-state index contributed by atoms with van der Waals surface area (Å²) in [4.78, 5) is 21.2. The van der Waals surface area contributed by atoms with Crippen molar-refractivity contribution in [2.45, 2.75) is 12.3 Å². The Labute approximate surface area is 157 Å². The molecule has 0 bridgehead atoms. The molecule has 0 saturated carbocycles. The fraction of sp³-hybridized carbons (Fsp3) is 0.150.